The van der Waals surface area contributed by atoms with Crippen LogP contribution in [0.15, 0.2) is 36.4 Å². The molecule has 4 heteroatoms. The zero-order chi connectivity index (χ0) is 14.5. The first-order chi connectivity index (χ1) is 9.58. The van der Waals surface area contributed by atoms with Gasteiger partial charge in [0.2, 0.25) is 0 Å². The highest BCUT2D eigenvalue weighted by Crippen LogP contribution is 2.12. The molecule has 1 heterocycles. The Bertz CT molecular complexity index is 608. The second-order valence-electron chi connectivity index (χ2n) is 4.69. The van der Waals surface area contributed by atoms with Crippen LogP contribution < -0.4 is 5.32 Å². The van der Waals surface area contributed by atoms with Crippen molar-refractivity contribution in [2.45, 2.75) is 26.8 Å². The van der Waals surface area contributed by atoms with Crippen LogP contribution in [0.4, 0.5) is 0 Å². The number of aromatic nitrogens is 1. The molecule has 0 bridgehead atoms. The number of pyridine rings is 1. The second kappa shape index (κ2) is 6.53. The number of benzene rings is 1. The summed E-state index contributed by atoms with van der Waals surface area (Å²) in [5.74, 6) is -0.135. The first-order valence-electron chi connectivity index (χ1n) is 6.58. The Balaban J connectivity index is 2.04. The molecule has 0 fully saturated rings. The number of rotatable bonds is 4. The summed E-state index contributed by atoms with van der Waals surface area (Å²) in [5.41, 5.74) is 3.64. The van der Waals surface area contributed by atoms with Gasteiger partial charge in [-0.15, -0.1) is 0 Å². The number of hydrogen-bond donors (Lipinski definition) is 1. The van der Waals surface area contributed by atoms with Gasteiger partial charge in [0.15, 0.2) is 0 Å². The summed E-state index contributed by atoms with van der Waals surface area (Å²) in [6, 6.07) is 11.4. The largest absolute Gasteiger partial charge is 0.348 e. The molecular formula is C16H17ClN2O. The van der Waals surface area contributed by atoms with E-state index in [1.165, 1.54) is 5.56 Å². The first-order valence-corrected chi connectivity index (χ1v) is 6.96. The predicted molar refractivity (Wildman–Crippen MR) is 81.0 cm³/mol. The van der Waals surface area contributed by atoms with Crippen LogP contribution in [0.3, 0.4) is 0 Å². The quantitative estimate of drug-likeness (QED) is 0.875. The van der Waals surface area contributed by atoms with Crippen molar-refractivity contribution in [3.05, 3.63) is 63.9 Å². The molecule has 0 spiro atoms. The third-order valence-electron chi connectivity index (χ3n) is 3.05. The Kier molecular flexibility index (Phi) is 4.74. The van der Waals surface area contributed by atoms with Crippen molar-refractivity contribution < 1.29 is 4.79 Å². The number of nitrogens with one attached hydrogen (secondary N) is 1. The minimum Gasteiger partial charge on any atom is -0.348 e. The van der Waals surface area contributed by atoms with Gasteiger partial charge in [0.25, 0.3) is 5.91 Å². The van der Waals surface area contributed by atoms with Gasteiger partial charge in [-0.05, 0) is 31.0 Å². The number of halogens is 1. The summed E-state index contributed by atoms with van der Waals surface area (Å²) in [6.07, 6.45) is 0.749. The molecule has 20 heavy (non-hydrogen) atoms. The summed E-state index contributed by atoms with van der Waals surface area (Å²) in [4.78, 5) is 16.3. The van der Waals surface area contributed by atoms with Crippen LogP contribution in [0, 0.1) is 6.92 Å². The molecule has 0 saturated heterocycles. The number of nitrogens with zero attached hydrogens (tertiary/aromatic N) is 1. The van der Waals surface area contributed by atoms with Gasteiger partial charge in [0.1, 0.15) is 5.15 Å². The molecule has 0 aliphatic rings. The smallest absolute Gasteiger partial charge is 0.251 e. The van der Waals surface area contributed by atoms with Gasteiger partial charge in [-0.1, -0.05) is 48.4 Å². The fourth-order valence-corrected chi connectivity index (χ4v) is 2.08. The number of amides is 1. The minimum absolute atomic E-state index is 0.135. The van der Waals surface area contributed by atoms with Gasteiger partial charge in [-0.2, -0.15) is 0 Å². The van der Waals surface area contributed by atoms with Crippen molar-refractivity contribution in [2.24, 2.45) is 0 Å². The average molecular weight is 289 g/mol. The molecule has 3 nitrogen and oxygen atoms in total. The normalized spacial score (nSPS) is 10.3. The highest BCUT2D eigenvalue weighted by Gasteiger charge is 2.08. The molecule has 1 aromatic heterocycles. The monoisotopic (exact) mass is 288 g/mol. The van der Waals surface area contributed by atoms with Crippen LogP contribution in [-0.2, 0) is 13.0 Å². The van der Waals surface area contributed by atoms with E-state index in [0.717, 1.165) is 17.7 Å². The average Bonchev–Trinajstić information content (AvgIpc) is 2.45. The topological polar surface area (TPSA) is 42.0 Å². The lowest BCUT2D eigenvalue weighted by molar-refractivity contribution is 0.0950. The van der Waals surface area contributed by atoms with E-state index in [1.807, 2.05) is 38.1 Å². The summed E-state index contributed by atoms with van der Waals surface area (Å²) in [7, 11) is 0. The molecule has 0 radical (unpaired) electrons. The number of hydrogen-bond acceptors (Lipinski definition) is 2. The number of carbonyl (C=O) groups is 1. The SMILES string of the molecule is CCc1cc(C(=O)NCc2ccc(C)cc2)cc(Cl)n1. The van der Waals surface area contributed by atoms with E-state index in [2.05, 4.69) is 10.3 Å². The van der Waals surface area contributed by atoms with E-state index in [9.17, 15) is 4.79 Å². The number of carbonyl (C=O) groups excluding carboxylic acids is 1. The van der Waals surface area contributed by atoms with Crippen LogP contribution in [0.25, 0.3) is 0 Å². The van der Waals surface area contributed by atoms with Crippen molar-refractivity contribution in [2.75, 3.05) is 0 Å². The molecule has 2 rings (SSSR count). The molecule has 1 N–H and O–H groups in total. The summed E-state index contributed by atoms with van der Waals surface area (Å²) >= 11 is 5.92. The van der Waals surface area contributed by atoms with E-state index in [1.54, 1.807) is 12.1 Å². The highest BCUT2D eigenvalue weighted by atomic mass is 35.5. The molecule has 0 saturated carbocycles. The van der Waals surface area contributed by atoms with Crippen molar-refractivity contribution in [3.63, 3.8) is 0 Å². The van der Waals surface area contributed by atoms with E-state index >= 15 is 0 Å². The second-order valence-corrected chi connectivity index (χ2v) is 5.08. The summed E-state index contributed by atoms with van der Waals surface area (Å²) in [6.45, 7) is 4.51. The molecule has 0 unspecified atom stereocenters. The van der Waals surface area contributed by atoms with Gasteiger partial charge in [-0.3, -0.25) is 4.79 Å². The first kappa shape index (κ1) is 14.5. The molecule has 2 aromatic rings. The molecular weight excluding hydrogens is 272 g/mol. The molecule has 1 aromatic carbocycles. The van der Waals surface area contributed by atoms with E-state index in [4.69, 9.17) is 11.6 Å². The fourth-order valence-electron chi connectivity index (χ4n) is 1.85. The Morgan fingerprint density at radius 1 is 1.25 bits per heavy atom. The maximum atomic E-state index is 12.1. The van der Waals surface area contributed by atoms with Gasteiger partial charge < -0.3 is 5.32 Å². The lowest BCUT2D eigenvalue weighted by atomic mass is 10.1. The molecule has 0 atom stereocenters. The van der Waals surface area contributed by atoms with Crippen molar-refractivity contribution in [1.82, 2.24) is 10.3 Å². The highest BCUT2D eigenvalue weighted by molar-refractivity contribution is 6.29. The fraction of sp³-hybridized carbons (Fsp3) is 0.250. The third kappa shape index (κ3) is 3.81. The van der Waals surface area contributed by atoms with Crippen LogP contribution in [0.5, 0.6) is 0 Å². The van der Waals surface area contributed by atoms with Crippen LogP contribution >= 0.6 is 11.6 Å². The van der Waals surface area contributed by atoms with Gasteiger partial charge in [0, 0.05) is 17.8 Å². The van der Waals surface area contributed by atoms with Gasteiger partial charge in [0.05, 0.1) is 0 Å². The number of aryl methyl sites for hydroxylation is 2. The predicted octanol–water partition coefficient (Wildman–Crippen LogP) is 3.54. The van der Waals surface area contributed by atoms with Crippen LogP contribution in [0.1, 0.15) is 34.1 Å². The lowest BCUT2D eigenvalue weighted by Gasteiger charge is -2.07. The zero-order valence-electron chi connectivity index (χ0n) is 11.6. The van der Waals surface area contributed by atoms with E-state index in [0.29, 0.717) is 17.3 Å². The van der Waals surface area contributed by atoms with E-state index in [-0.39, 0.29) is 5.91 Å². The van der Waals surface area contributed by atoms with Crippen LogP contribution in [-0.4, -0.2) is 10.9 Å². The molecule has 1 amide bonds. The summed E-state index contributed by atoms with van der Waals surface area (Å²) < 4.78 is 0. The minimum atomic E-state index is -0.135. The molecule has 0 aliphatic carbocycles. The van der Waals surface area contributed by atoms with Crippen molar-refractivity contribution >= 4 is 17.5 Å². The Hall–Kier alpha value is -1.87. The van der Waals surface area contributed by atoms with Crippen molar-refractivity contribution in [1.29, 1.82) is 0 Å². The zero-order valence-corrected chi connectivity index (χ0v) is 12.4. The maximum absolute atomic E-state index is 12.1. The van der Waals surface area contributed by atoms with Crippen LogP contribution in [0.2, 0.25) is 5.15 Å². The molecule has 0 aliphatic heterocycles. The Morgan fingerprint density at radius 2 is 1.95 bits per heavy atom. The molecule has 104 valence electrons. The summed E-state index contributed by atoms with van der Waals surface area (Å²) in [5, 5.41) is 3.24. The third-order valence-corrected chi connectivity index (χ3v) is 3.24. The maximum Gasteiger partial charge on any atom is 0.251 e. The standard InChI is InChI=1S/C16H17ClN2O/c1-3-14-8-13(9-15(17)19-14)16(20)18-10-12-6-4-11(2)5-7-12/h4-9H,3,10H2,1-2H3,(H,18,20). The van der Waals surface area contributed by atoms with Gasteiger partial charge in [-0.25, -0.2) is 4.98 Å². The lowest BCUT2D eigenvalue weighted by Crippen LogP contribution is -2.23. The van der Waals surface area contributed by atoms with E-state index < -0.39 is 0 Å². The Morgan fingerprint density at radius 3 is 2.60 bits per heavy atom. The Labute approximate surface area is 124 Å². The van der Waals surface area contributed by atoms with Crippen molar-refractivity contribution in [3.8, 4) is 0 Å². The van der Waals surface area contributed by atoms with Gasteiger partial charge >= 0.3 is 0 Å².